The summed E-state index contributed by atoms with van der Waals surface area (Å²) in [6, 6.07) is 76.0. The van der Waals surface area contributed by atoms with Gasteiger partial charge in [0.05, 0.1) is 39.0 Å². The van der Waals surface area contributed by atoms with Gasteiger partial charge in [0.15, 0.2) is 5.58 Å². The van der Waals surface area contributed by atoms with Gasteiger partial charge in [0.25, 0.3) is 0 Å². The maximum Gasteiger partial charge on any atom is 0.160 e. The van der Waals surface area contributed by atoms with E-state index in [1.807, 2.05) is 12.1 Å². The standard InChI is InChI=1S/C61H35N3O2/c1-2-14-39(15-3-1)63-50-22-10-5-16-40(50)45-32-36(26-29-52(45)63)37-27-30-53-46(33-37)41-17-6-11-23-51(41)64(53)54-35-48-58(59-44-20-8-13-25-56(44)66-61(54)59)43-19-4-9-21-49(43)62-60(48)38-28-31-57-47(34-38)42-18-7-12-24-55(42)65-57/h1-35H. The molecular formula is C61H35N3O2. The summed E-state index contributed by atoms with van der Waals surface area (Å²) in [5.74, 6) is 0. The van der Waals surface area contributed by atoms with Crippen molar-refractivity contribution in [1.82, 2.24) is 14.1 Å². The smallest absolute Gasteiger partial charge is 0.160 e. The van der Waals surface area contributed by atoms with E-state index >= 15 is 0 Å². The fraction of sp³-hybridized carbons (Fsp3) is 0. The first-order chi connectivity index (χ1) is 32.7. The van der Waals surface area contributed by atoms with Crippen molar-refractivity contribution in [1.29, 1.82) is 0 Å². The number of rotatable bonds is 4. The van der Waals surface area contributed by atoms with Crippen LogP contribution in [-0.2, 0) is 0 Å². The van der Waals surface area contributed by atoms with Crippen LogP contribution in [0.5, 0.6) is 0 Å². The Morgan fingerprint density at radius 3 is 1.59 bits per heavy atom. The summed E-state index contributed by atoms with van der Waals surface area (Å²) < 4.78 is 18.1. The molecule has 0 aliphatic rings. The van der Waals surface area contributed by atoms with Crippen molar-refractivity contribution in [3.05, 3.63) is 212 Å². The largest absolute Gasteiger partial charge is 0.456 e. The molecule has 5 heterocycles. The van der Waals surface area contributed by atoms with Crippen LogP contribution in [0, 0.1) is 0 Å². The fourth-order valence-electron chi connectivity index (χ4n) is 11.0. The van der Waals surface area contributed by atoms with Gasteiger partial charge in [0.1, 0.15) is 16.7 Å². The van der Waals surface area contributed by atoms with Crippen molar-refractivity contribution in [2.24, 2.45) is 0 Å². The van der Waals surface area contributed by atoms with E-state index in [1.54, 1.807) is 0 Å². The van der Waals surface area contributed by atoms with E-state index in [0.717, 1.165) is 105 Å². The van der Waals surface area contributed by atoms with Gasteiger partial charge in [0.2, 0.25) is 0 Å². The Hall–Kier alpha value is -8.93. The summed E-state index contributed by atoms with van der Waals surface area (Å²) in [4.78, 5) is 5.50. The molecule has 0 atom stereocenters. The van der Waals surface area contributed by atoms with Crippen LogP contribution in [0.15, 0.2) is 221 Å². The Morgan fingerprint density at radius 1 is 0.318 bits per heavy atom. The molecule has 306 valence electrons. The number of pyridine rings is 1. The minimum atomic E-state index is 0.842. The van der Waals surface area contributed by atoms with Crippen LogP contribution in [-0.4, -0.2) is 14.1 Å². The molecule has 0 N–H and O–H groups in total. The molecular weight excluding hydrogens is 807 g/mol. The third-order valence-electron chi connectivity index (χ3n) is 13.9. The summed E-state index contributed by atoms with van der Waals surface area (Å²) in [5.41, 5.74) is 15.4. The highest BCUT2D eigenvalue weighted by atomic mass is 16.3. The maximum absolute atomic E-state index is 7.05. The molecule has 5 heteroatoms. The van der Waals surface area contributed by atoms with Gasteiger partial charge >= 0.3 is 0 Å². The maximum atomic E-state index is 7.05. The van der Waals surface area contributed by atoms with Crippen LogP contribution < -0.4 is 0 Å². The molecule has 0 aliphatic carbocycles. The van der Waals surface area contributed by atoms with Gasteiger partial charge in [-0.1, -0.05) is 121 Å². The first-order valence-electron chi connectivity index (χ1n) is 22.4. The second kappa shape index (κ2) is 13.3. The lowest BCUT2D eigenvalue weighted by Gasteiger charge is -2.15. The number of nitrogens with zero attached hydrogens (tertiary/aromatic N) is 3. The van der Waals surface area contributed by atoms with E-state index in [-0.39, 0.29) is 0 Å². The number of hydrogen-bond donors (Lipinski definition) is 0. The SMILES string of the molecule is c1ccc(-n2c3ccccc3c3cc(-c4ccc5c(c4)c4ccccc4n5-c4cc5c(-c6ccc7oc8ccccc8c7c6)nc6ccccc6c5c5c4oc4ccccc45)ccc32)cc1. The third kappa shape index (κ3) is 4.91. The predicted molar refractivity (Wildman–Crippen MR) is 273 cm³/mol. The van der Waals surface area contributed by atoms with Crippen molar-refractivity contribution in [2.45, 2.75) is 0 Å². The summed E-state index contributed by atoms with van der Waals surface area (Å²) in [6.45, 7) is 0. The molecule has 0 saturated carbocycles. The van der Waals surface area contributed by atoms with E-state index in [4.69, 9.17) is 13.8 Å². The van der Waals surface area contributed by atoms with Crippen LogP contribution in [0.25, 0.3) is 143 Å². The minimum Gasteiger partial charge on any atom is -0.456 e. The molecule has 5 aromatic heterocycles. The van der Waals surface area contributed by atoms with Gasteiger partial charge in [-0.3, -0.25) is 0 Å². The Labute approximate surface area is 376 Å². The first-order valence-corrected chi connectivity index (χ1v) is 22.4. The third-order valence-corrected chi connectivity index (χ3v) is 13.9. The van der Waals surface area contributed by atoms with Gasteiger partial charge < -0.3 is 18.0 Å². The van der Waals surface area contributed by atoms with Crippen LogP contribution >= 0.6 is 0 Å². The van der Waals surface area contributed by atoms with E-state index in [1.165, 1.54) is 38.1 Å². The predicted octanol–water partition coefficient (Wildman–Crippen LogP) is 16.7. The Balaban J connectivity index is 1.01. The molecule has 0 bridgehead atoms. The van der Waals surface area contributed by atoms with Crippen molar-refractivity contribution in [2.75, 3.05) is 0 Å². The molecule has 0 fully saturated rings. The van der Waals surface area contributed by atoms with Crippen LogP contribution in [0.2, 0.25) is 0 Å². The minimum absolute atomic E-state index is 0.842. The Bertz CT molecular complexity index is 4530. The lowest BCUT2D eigenvalue weighted by Crippen LogP contribution is -1.97. The first kappa shape index (κ1) is 35.5. The van der Waals surface area contributed by atoms with E-state index < -0.39 is 0 Å². The quantitative estimate of drug-likeness (QED) is 0.166. The number of furan rings is 2. The van der Waals surface area contributed by atoms with Crippen molar-refractivity contribution >= 4 is 109 Å². The topological polar surface area (TPSA) is 49.0 Å². The number of para-hydroxylation sites is 6. The Kier molecular flexibility index (Phi) is 7.16. The van der Waals surface area contributed by atoms with Gasteiger partial charge in [-0.2, -0.15) is 0 Å². The van der Waals surface area contributed by atoms with Crippen molar-refractivity contribution in [3.63, 3.8) is 0 Å². The highest BCUT2D eigenvalue weighted by Crippen LogP contribution is 2.47. The summed E-state index contributed by atoms with van der Waals surface area (Å²) in [7, 11) is 0. The van der Waals surface area contributed by atoms with Crippen molar-refractivity contribution < 1.29 is 8.83 Å². The van der Waals surface area contributed by atoms with E-state index in [0.29, 0.717) is 0 Å². The normalized spacial score (nSPS) is 12.2. The van der Waals surface area contributed by atoms with Gasteiger partial charge in [-0.25, -0.2) is 4.98 Å². The molecule has 0 spiro atoms. The van der Waals surface area contributed by atoms with Crippen LogP contribution in [0.1, 0.15) is 0 Å². The molecule has 66 heavy (non-hydrogen) atoms. The van der Waals surface area contributed by atoms with Crippen molar-refractivity contribution in [3.8, 4) is 33.8 Å². The lowest BCUT2D eigenvalue weighted by molar-refractivity contribution is 0.666. The molecule has 15 rings (SSSR count). The molecule has 0 saturated heterocycles. The van der Waals surface area contributed by atoms with Crippen LogP contribution in [0.3, 0.4) is 0 Å². The van der Waals surface area contributed by atoms with Gasteiger partial charge in [0, 0.05) is 70.5 Å². The van der Waals surface area contributed by atoms with Gasteiger partial charge in [-0.05, 0) is 102 Å². The van der Waals surface area contributed by atoms with E-state index in [9.17, 15) is 0 Å². The second-order valence-electron chi connectivity index (χ2n) is 17.4. The molecule has 0 amide bonds. The van der Waals surface area contributed by atoms with Crippen LogP contribution in [0.4, 0.5) is 0 Å². The zero-order chi connectivity index (χ0) is 43.0. The highest BCUT2D eigenvalue weighted by Gasteiger charge is 2.24. The number of hydrogen-bond acceptors (Lipinski definition) is 3. The Morgan fingerprint density at radius 2 is 0.848 bits per heavy atom. The molecule has 10 aromatic carbocycles. The average molecular weight is 842 g/mol. The molecule has 0 aliphatic heterocycles. The van der Waals surface area contributed by atoms with Gasteiger partial charge in [-0.15, -0.1) is 0 Å². The molecule has 15 aromatic rings. The number of benzene rings is 10. The fourth-order valence-corrected chi connectivity index (χ4v) is 11.0. The average Bonchev–Trinajstić information content (AvgIpc) is 4.13. The summed E-state index contributed by atoms with van der Waals surface area (Å²) >= 11 is 0. The molecule has 0 radical (unpaired) electrons. The highest BCUT2D eigenvalue weighted by molar-refractivity contribution is 6.30. The monoisotopic (exact) mass is 841 g/mol. The van der Waals surface area contributed by atoms with E-state index in [2.05, 4.69) is 209 Å². The zero-order valence-electron chi connectivity index (χ0n) is 35.4. The lowest BCUT2D eigenvalue weighted by atomic mass is 9.94. The second-order valence-corrected chi connectivity index (χ2v) is 17.4. The molecule has 0 unspecified atom stereocenters. The summed E-state index contributed by atoms with van der Waals surface area (Å²) in [6.07, 6.45) is 0. The summed E-state index contributed by atoms with van der Waals surface area (Å²) in [5, 5.41) is 12.4. The zero-order valence-corrected chi connectivity index (χ0v) is 35.4. The number of aromatic nitrogens is 3. The molecule has 5 nitrogen and oxygen atoms in total. The number of fused-ring (bicyclic) bond motifs is 16.